The number of aromatic nitrogens is 2. The Kier molecular flexibility index (Phi) is 4.87. The summed E-state index contributed by atoms with van der Waals surface area (Å²) in [6.45, 7) is 1.62. The van der Waals surface area contributed by atoms with Gasteiger partial charge in [0.1, 0.15) is 5.69 Å². The molecule has 0 saturated heterocycles. The zero-order valence-electron chi connectivity index (χ0n) is 18.3. The molecule has 0 fully saturated rings. The van der Waals surface area contributed by atoms with Crippen molar-refractivity contribution < 1.29 is 18.0 Å². The number of sulfonamides is 1. The van der Waals surface area contributed by atoms with E-state index in [4.69, 9.17) is 0 Å². The van der Waals surface area contributed by atoms with Gasteiger partial charge in [-0.2, -0.15) is 0 Å². The number of carbonyl (C=O) groups excluding carboxylic acids is 2. The number of anilines is 1. The van der Waals surface area contributed by atoms with Gasteiger partial charge in [0, 0.05) is 23.7 Å². The third-order valence-electron chi connectivity index (χ3n) is 5.99. The van der Waals surface area contributed by atoms with Crippen LogP contribution in [0.4, 0.5) is 5.69 Å². The molecule has 1 aliphatic rings. The lowest BCUT2D eigenvalue weighted by atomic mass is 9.84. The first-order valence-electron chi connectivity index (χ1n) is 10.4. The van der Waals surface area contributed by atoms with Crippen LogP contribution in [0.15, 0.2) is 82.5 Å². The fourth-order valence-electron chi connectivity index (χ4n) is 4.21. The number of benzene rings is 3. The number of nitrogens with one attached hydrogen (secondary N) is 1. The van der Waals surface area contributed by atoms with E-state index in [1.807, 2.05) is 6.07 Å². The Hall–Kier alpha value is -4.24. The minimum absolute atomic E-state index is 0.0121. The van der Waals surface area contributed by atoms with Crippen molar-refractivity contribution in [1.82, 2.24) is 9.36 Å². The van der Waals surface area contributed by atoms with E-state index < -0.39 is 27.1 Å². The Morgan fingerprint density at radius 2 is 1.32 bits per heavy atom. The van der Waals surface area contributed by atoms with Crippen molar-refractivity contribution in [2.45, 2.75) is 11.8 Å². The molecular weight excluding hydrogens is 454 g/mol. The summed E-state index contributed by atoms with van der Waals surface area (Å²) in [4.78, 5) is 39.0. The highest BCUT2D eigenvalue weighted by molar-refractivity contribution is 7.92. The predicted molar refractivity (Wildman–Crippen MR) is 126 cm³/mol. The fourth-order valence-corrected chi connectivity index (χ4v) is 5.56. The molecule has 0 bridgehead atoms. The van der Waals surface area contributed by atoms with E-state index in [-0.39, 0.29) is 32.8 Å². The number of fused-ring (bicyclic) bond motifs is 2. The molecule has 0 amide bonds. The normalized spacial score (nSPS) is 12.9. The minimum atomic E-state index is -4.39. The van der Waals surface area contributed by atoms with Crippen molar-refractivity contribution in [3.05, 3.63) is 111 Å². The molecule has 0 unspecified atom stereocenters. The summed E-state index contributed by atoms with van der Waals surface area (Å²) in [5.41, 5.74) is 0.435. The molecule has 9 heteroatoms. The number of para-hydroxylation sites is 1. The highest BCUT2D eigenvalue weighted by atomic mass is 32.2. The van der Waals surface area contributed by atoms with Gasteiger partial charge in [-0.15, -0.1) is 0 Å². The second-order valence-corrected chi connectivity index (χ2v) is 9.58. The van der Waals surface area contributed by atoms with E-state index in [0.29, 0.717) is 11.4 Å². The lowest BCUT2D eigenvalue weighted by Gasteiger charge is -2.20. The zero-order valence-corrected chi connectivity index (χ0v) is 19.1. The van der Waals surface area contributed by atoms with Crippen LogP contribution in [0.25, 0.3) is 5.69 Å². The molecular formula is C25H19N3O5S. The molecule has 5 rings (SSSR count). The van der Waals surface area contributed by atoms with Crippen LogP contribution in [-0.4, -0.2) is 29.3 Å². The topological polar surface area (TPSA) is 107 Å². The average Bonchev–Trinajstić information content (AvgIpc) is 3.05. The summed E-state index contributed by atoms with van der Waals surface area (Å²) in [6.07, 6.45) is 0. The molecule has 170 valence electrons. The van der Waals surface area contributed by atoms with Gasteiger partial charge in [-0.1, -0.05) is 54.6 Å². The maximum atomic E-state index is 13.5. The highest BCUT2D eigenvalue weighted by Crippen LogP contribution is 2.32. The van der Waals surface area contributed by atoms with Crippen LogP contribution < -0.4 is 10.3 Å². The summed E-state index contributed by atoms with van der Waals surface area (Å²) in [6, 6.07) is 19.2. The van der Waals surface area contributed by atoms with Crippen molar-refractivity contribution in [3.63, 3.8) is 0 Å². The molecule has 0 saturated carbocycles. The largest absolute Gasteiger partial charge is 0.296 e. The third kappa shape index (κ3) is 3.12. The molecule has 4 aromatic rings. The zero-order chi connectivity index (χ0) is 24.2. The van der Waals surface area contributed by atoms with Gasteiger partial charge in [-0.05, 0) is 25.1 Å². The number of rotatable bonds is 4. The molecule has 3 aromatic carbocycles. The molecule has 1 heterocycles. The molecule has 8 nitrogen and oxygen atoms in total. The van der Waals surface area contributed by atoms with E-state index in [1.165, 1.54) is 35.0 Å². The van der Waals surface area contributed by atoms with Crippen molar-refractivity contribution in [2.24, 2.45) is 7.05 Å². The van der Waals surface area contributed by atoms with Crippen LogP contribution in [0, 0.1) is 6.92 Å². The number of hydrogen-bond acceptors (Lipinski definition) is 5. The van der Waals surface area contributed by atoms with Crippen LogP contribution in [0.5, 0.6) is 0 Å². The van der Waals surface area contributed by atoms with Crippen molar-refractivity contribution in [2.75, 3.05) is 4.72 Å². The first-order chi connectivity index (χ1) is 16.2. The lowest BCUT2D eigenvalue weighted by molar-refractivity contribution is 0.0976. The number of ketones is 2. The van der Waals surface area contributed by atoms with Crippen LogP contribution in [0.3, 0.4) is 0 Å². The van der Waals surface area contributed by atoms with E-state index in [0.717, 1.165) is 0 Å². The Morgan fingerprint density at radius 3 is 2.00 bits per heavy atom. The van der Waals surface area contributed by atoms with Gasteiger partial charge in [0.05, 0.1) is 21.8 Å². The van der Waals surface area contributed by atoms with Crippen LogP contribution >= 0.6 is 0 Å². The van der Waals surface area contributed by atoms with Gasteiger partial charge >= 0.3 is 0 Å². The van der Waals surface area contributed by atoms with E-state index >= 15 is 0 Å². The molecule has 0 aliphatic heterocycles. The molecule has 34 heavy (non-hydrogen) atoms. The number of hydrogen-bond donors (Lipinski definition) is 1. The van der Waals surface area contributed by atoms with Crippen molar-refractivity contribution in [3.8, 4) is 5.69 Å². The number of carbonyl (C=O) groups is 2. The van der Waals surface area contributed by atoms with Crippen LogP contribution in [-0.2, 0) is 17.1 Å². The molecule has 0 radical (unpaired) electrons. The summed E-state index contributed by atoms with van der Waals surface area (Å²) < 4.78 is 32.2. The fraction of sp³-hybridized carbons (Fsp3) is 0.0800. The van der Waals surface area contributed by atoms with Crippen LogP contribution in [0.1, 0.15) is 37.5 Å². The second kappa shape index (κ2) is 7.67. The van der Waals surface area contributed by atoms with Gasteiger partial charge in [0.2, 0.25) is 0 Å². The van der Waals surface area contributed by atoms with Gasteiger partial charge < -0.3 is 0 Å². The standard InChI is InChI=1S/C25H19N3O5S/c1-15-22(25(31)28(27(15)2)16-9-4-3-5-10-16)26-34(32,33)20-14-8-13-19-21(20)24(30)18-12-7-6-11-17(18)23(19)29/h3-14,26H,1-2H3. The smallest absolute Gasteiger partial charge is 0.289 e. The van der Waals surface area contributed by atoms with E-state index in [9.17, 15) is 22.8 Å². The Morgan fingerprint density at radius 1 is 0.735 bits per heavy atom. The summed E-state index contributed by atoms with van der Waals surface area (Å²) in [5.74, 6) is -0.984. The molecule has 1 aromatic heterocycles. The molecule has 1 aliphatic carbocycles. The number of nitrogens with zero attached hydrogens (tertiary/aromatic N) is 2. The monoisotopic (exact) mass is 473 g/mol. The first-order valence-corrected chi connectivity index (χ1v) is 11.9. The quantitative estimate of drug-likeness (QED) is 0.432. The van der Waals surface area contributed by atoms with Crippen molar-refractivity contribution in [1.29, 1.82) is 0 Å². The Balaban J connectivity index is 1.64. The Labute approximate surface area is 195 Å². The molecule has 0 spiro atoms. The van der Waals surface area contributed by atoms with Crippen LogP contribution in [0.2, 0.25) is 0 Å². The minimum Gasteiger partial charge on any atom is -0.289 e. The SMILES string of the molecule is Cc1c(NS(=O)(=O)c2cccc3c2C(=O)c2ccccc2C3=O)c(=O)n(-c2ccccc2)n1C. The van der Waals surface area contributed by atoms with Gasteiger partial charge in [-0.25, -0.2) is 13.1 Å². The van der Waals surface area contributed by atoms with E-state index in [1.54, 1.807) is 55.1 Å². The van der Waals surface area contributed by atoms with Gasteiger partial charge in [0.25, 0.3) is 15.6 Å². The second-order valence-electron chi connectivity index (χ2n) is 7.92. The average molecular weight is 474 g/mol. The maximum absolute atomic E-state index is 13.5. The predicted octanol–water partition coefficient (Wildman–Crippen LogP) is 3.06. The van der Waals surface area contributed by atoms with Gasteiger partial charge in [0.15, 0.2) is 11.6 Å². The molecule has 1 N–H and O–H groups in total. The highest BCUT2D eigenvalue weighted by Gasteiger charge is 2.35. The van der Waals surface area contributed by atoms with Crippen molar-refractivity contribution >= 4 is 27.3 Å². The summed E-state index contributed by atoms with van der Waals surface area (Å²) >= 11 is 0. The summed E-state index contributed by atoms with van der Waals surface area (Å²) in [5, 5.41) is 0. The first kappa shape index (κ1) is 21.6. The molecule has 0 atom stereocenters. The lowest BCUT2D eigenvalue weighted by Crippen LogP contribution is -2.27. The van der Waals surface area contributed by atoms with Gasteiger partial charge in [-0.3, -0.25) is 23.8 Å². The Bertz CT molecular complexity index is 1660. The maximum Gasteiger partial charge on any atom is 0.296 e. The summed E-state index contributed by atoms with van der Waals surface area (Å²) in [7, 11) is -2.75. The third-order valence-corrected chi connectivity index (χ3v) is 7.39. The van der Waals surface area contributed by atoms with E-state index in [2.05, 4.69) is 4.72 Å².